The van der Waals surface area contributed by atoms with E-state index in [-0.39, 0.29) is 39.6 Å². The zero-order valence-electron chi connectivity index (χ0n) is 32.3. The van der Waals surface area contributed by atoms with Crippen molar-refractivity contribution in [3.63, 3.8) is 0 Å². The Kier molecular flexibility index (Phi) is 29.6. The monoisotopic (exact) mass is 750 g/mol. The lowest BCUT2D eigenvalue weighted by molar-refractivity contribution is -0.178. The molecule has 0 aromatic rings. The van der Waals surface area contributed by atoms with Gasteiger partial charge in [-0.15, -0.1) is 0 Å². The van der Waals surface area contributed by atoms with E-state index in [0.717, 1.165) is 19.3 Å². The standard InChI is InChI=1S/C38H70O14/c1-3-4-5-6-7-8-9-10-11-12-13-38(2,36(39)51-32-34-30-47-24-22-43-16-14-41-18-20-45-26-28-49-34)37(40)52-33-35-31-48-25-23-44-17-15-42-19-21-46-27-29-50-35/h34-35H,3-33H2,1-2H3/t34-,35+,38?. The minimum Gasteiger partial charge on any atom is -0.462 e. The third-order valence-corrected chi connectivity index (χ3v) is 8.73. The molecular weight excluding hydrogens is 680 g/mol. The topological polar surface area (TPSA) is 145 Å². The fourth-order valence-corrected chi connectivity index (χ4v) is 5.49. The number of unbranched alkanes of at least 4 members (excludes halogenated alkanes) is 9. The van der Waals surface area contributed by atoms with Gasteiger partial charge in [0.1, 0.15) is 25.4 Å². The number of esters is 2. The van der Waals surface area contributed by atoms with Gasteiger partial charge in [0.15, 0.2) is 5.41 Å². The summed E-state index contributed by atoms with van der Waals surface area (Å²) < 4.78 is 68.0. The maximum absolute atomic E-state index is 13.8. The Hall–Kier alpha value is -1.46. The molecule has 0 N–H and O–H groups in total. The second-order valence-electron chi connectivity index (χ2n) is 13.3. The van der Waals surface area contributed by atoms with Gasteiger partial charge >= 0.3 is 11.9 Å². The first-order valence-electron chi connectivity index (χ1n) is 19.8. The minimum absolute atomic E-state index is 0.0869. The summed E-state index contributed by atoms with van der Waals surface area (Å²) in [7, 11) is 0. The second-order valence-corrected chi connectivity index (χ2v) is 13.3. The van der Waals surface area contributed by atoms with E-state index in [1.165, 1.54) is 38.5 Å². The van der Waals surface area contributed by atoms with Gasteiger partial charge in [-0.05, 0) is 13.3 Å². The maximum Gasteiger partial charge on any atom is 0.323 e. The van der Waals surface area contributed by atoms with Crippen LogP contribution < -0.4 is 0 Å². The van der Waals surface area contributed by atoms with Crippen LogP contribution in [0.1, 0.15) is 84.5 Å². The number of hydrogen-bond acceptors (Lipinski definition) is 14. The van der Waals surface area contributed by atoms with Crippen molar-refractivity contribution in [2.45, 2.75) is 96.7 Å². The van der Waals surface area contributed by atoms with Crippen LogP contribution in [0.3, 0.4) is 0 Å². The molecule has 0 bridgehead atoms. The van der Waals surface area contributed by atoms with Crippen molar-refractivity contribution in [2.24, 2.45) is 5.41 Å². The summed E-state index contributed by atoms with van der Waals surface area (Å²) in [6.45, 7) is 10.5. The highest BCUT2D eigenvalue weighted by molar-refractivity contribution is 5.99. The van der Waals surface area contributed by atoms with Crippen LogP contribution in [-0.2, 0) is 66.4 Å². The second kappa shape index (κ2) is 32.9. The number of rotatable bonds is 17. The van der Waals surface area contributed by atoms with Crippen molar-refractivity contribution >= 4 is 11.9 Å². The summed E-state index contributed by atoms with van der Waals surface area (Å²) in [5.74, 6) is -1.31. The number of ether oxygens (including phenoxy) is 12. The SMILES string of the molecule is CCCCCCCCCCCCC(C)(C(=O)OC[C@H]1COCCOCCOCCOCCO1)C(=O)OC[C@@H]1COCCOCCOCCOCCO1. The lowest BCUT2D eigenvalue weighted by Crippen LogP contribution is -2.42. The zero-order valence-corrected chi connectivity index (χ0v) is 32.3. The molecule has 2 saturated heterocycles. The van der Waals surface area contributed by atoms with Crippen LogP contribution >= 0.6 is 0 Å². The first kappa shape index (κ1) is 46.7. The van der Waals surface area contributed by atoms with Crippen LogP contribution in [0.25, 0.3) is 0 Å². The van der Waals surface area contributed by atoms with Gasteiger partial charge in [0, 0.05) is 0 Å². The summed E-state index contributed by atoms with van der Waals surface area (Å²) in [5, 5.41) is 0. The van der Waals surface area contributed by atoms with Crippen LogP contribution in [0, 0.1) is 5.41 Å². The fraction of sp³-hybridized carbons (Fsp3) is 0.947. The van der Waals surface area contributed by atoms with Gasteiger partial charge in [-0.25, -0.2) is 0 Å². The summed E-state index contributed by atoms with van der Waals surface area (Å²) in [4.78, 5) is 27.5. The quantitative estimate of drug-likeness (QED) is 0.118. The molecule has 0 radical (unpaired) electrons. The van der Waals surface area contributed by atoms with E-state index in [1.54, 1.807) is 6.92 Å². The third kappa shape index (κ3) is 24.0. The highest BCUT2D eigenvalue weighted by Crippen LogP contribution is 2.29. The highest BCUT2D eigenvalue weighted by Gasteiger charge is 2.44. The van der Waals surface area contributed by atoms with Crippen LogP contribution in [0.5, 0.6) is 0 Å². The smallest absolute Gasteiger partial charge is 0.323 e. The molecular formula is C38H70O14. The van der Waals surface area contributed by atoms with Crippen molar-refractivity contribution in [2.75, 3.05) is 132 Å². The van der Waals surface area contributed by atoms with Gasteiger partial charge in [-0.3, -0.25) is 9.59 Å². The minimum atomic E-state index is -1.52. The molecule has 0 amide bonds. The van der Waals surface area contributed by atoms with Gasteiger partial charge in [0.2, 0.25) is 0 Å². The normalized spacial score (nSPS) is 23.1. The molecule has 306 valence electrons. The van der Waals surface area contributed by atoms with Crippen molar-refractivity contribution < 1.29 is 66.4 Å². The van der Waals surface area contributed by atoms with Crippen molar-refractivity contribution in [1.82, 2.24) is 0 Å². The average Bonchev–Trinajstić information content (AvgIpc) is 3.17. The van der Waals surface area contributed by atoms with Crippen LogP contribution in [0.2, 0.25) is 0 Å². The van der Waals surface area contributed by atoms with Crippen molar-refractivity contribution in [1.29, 1.82) is 0 Å². The van der Waals surface area contributed by atoms with Crippen molar-refractivity contribution in [3.05, 3.63) is 0 Å². The van der Waals surface area contributed by atoms with Gasteiger partial charge < -0.3 is 56.8 Å². The van der Waals surface area contributed by atoms with Gasteiger partial charge in [0.25, 0.3) is 0 Å². The van der Waals surface area contributed by atoms with E-state index in [9.17, 15) is 9.59 Å². The molecule has 0 aromatic carbocycles. The van der Waals surface area contributed by atoms with Gasteiger partial charge in [0.05, 0.1) is 119 Å². The summed E-state index contributed by atoms with van der Waals surface area (Å²) in [5.41, 5.74) is -1.52. The molecule has 14 nitrogen and oxygen atoms in total. The third-order valence-electron chi connectivity index (χ3n) is 8.73. The first-order valence-corrected chi connectivity index (χ1v) is 19.8. The van der Waals surface area contributed by atoms with Gasteiger partial charge in [-0.1, -0.05) is 71.1 Å². The molecule has 52 heavy (non-hydrogen) atoms. The molecule has 2 heterocycles. The first-order chi connectivity index (χ1) is 25.6. The van der Waals surface area contributed by atoms with E-state index < -0.39 is 29.6 Å². The molecule has 2 fully saturated rings. The summed E-state index contributed by atoms with van der Waals surface area (Å²) in [6.07, 6.45) is 10.5. The maximum atomic E-state index is 13.8. The Morgan fingerprint density at radius 1 is 0.462 bits per heavy atom. The molecule has 2 aliphatic heterocycles. The Morgan fingerprint density at radius 3 is 1.13 bits per heavy atom. The van der Waals surface area contributed by atoms with E-state index in [2.05, 4.69) is 6.92 Å². The summed E-state index contributed by atoms with van der Waals surface area (Å²) >= 11 is 0. The van der Waals surface area contributed by atoms with Crippen molar-refractivity contribution in [3.8, 4) is 0 Å². The number of hydrogen-bond donors (Lipinski definition) is 0. The van der Waals surface area contributed by atoms with E-state index >= 15 is 0 Å². The molecule has 1 unspecified atom stereocenters. The Labute approximate surface area is 312 Å². The van der Waals surface area contributed by atoms with Crippen LogP contribution in [-0.4, -0.2) is 156 Å². The summed E-state index contributed by atoms with van der Waals surface area (Å²) in [6, 6.07) is 0. The van der Waals surface area contributed by atoms with E-state index in [1.807, 2.05) is 0 Å². The van der Waals surface area contributed by atoms with Gasteiger partial charge in [-0.2, -0.15) is 0 Å². The van der Waals surface area contributed by atoms with E-state index in [0.29, 0.717) is 105 Å². The number of carbonyl (C=O) groups excluding carboxylic acids is 2. The molecule has 14 heteroatoms. The molecule has 0 spiro atoms. The highest BCUT2D eigenvalue weighted by atomic mass is 16.6. The van der Waals surface area contributed by atoms with E-state index in [4.69, 9.17) is 56.8 Å². The molecule has 0 saturated carbocycles. The zero-order chi connectivity index (χ0) is 37.2. The van der Waals surface area contributed by atoms with Crippen LogP contribution in [0.4, 0.5) is 0 Å². The Balaban J connectivity index is 1.97. The number of carbonyl (C=O) groups is 2. The average molecular weight is 751 g/mol. The molecule has 0 aromatic heterocycles. The lowest BCUT2D eigenvalue weighted by atomic mass is 9.84. The Bertz CT molecular complexity index is 763. The lowest BCUT2D eigenvalue weighted by Gasteiger charge is -2.28. The molecule has 2 aliphatic rings. The molecule has 2 rings (SSSR count). The molecule has 3 atom stereocenters. The largest absolute Gasteiger partial charge is 0.462 e. The Morgan fingerprint density at radius 2 is 0.769 bits per heavy atom. The predicted molar refractivity (Wildman–Crippen MR) is 193 cm³/mol. The van der Waals surface area contributed by atoms with Crippen LogP contribution in [0.15, 0.2) is 0 Å². The molecule has 0 aliphatic carbocycles. The fourth-order valence-electron chi connectivity index (χ4n) is 5.49. The predicted octanol–water partition coefficient (Wildman–Crippen LogP) is 4.32.